The summed E-state index contributed by atoms with van der Waals surface area (Å²) in [6.07, 6.45) is 0. The molecule has 0 aliphatic carbocycles. The Morgan fingerprint density at radius 1 is 0.298 bits per heavy atom. The topological polar surface area (TPSA) is 14.8 Å². The van der Waals surface area contributed by atoms with Gasteiger partial charge < -0.3 is 4.57 Å². The van der Waals surface area contributed by atoms with Crippen LogP contribution in [0.4, 0.5) is 0 Å². The molecule has 10 rings (SSSR count). The highest BCUT2D eigenvalue weighted by Crippen LogP contribution is 2.42. The zero-order valence-corrected chi connectivity index (χ0v) is 25.6. The predicted octanol–water partition coefficient (Wildman–Crippen LogP) is 11.5. The Morgan fingerprint density at radius 3 is 1.47 bits per heavy atom. The highest BCUT2D eigenvalue weighted by atomic mass is 15.2. The molecule has 0 unspecified atom stereocenters. The van der Waals surface area contributed by atoms with E-state index in [0.29, 0.717) is 0 Å². The molecule has 0 aliphatic rings. The molecule has 0 bridgehead atoms. The summed E-state index contributed by atoms with van der Waals surface area (Å²) in [7, 11) is 0. The van der Waals surface area contributed by atoms with Gasteiger partial charge in [0, 0.05) is 38.3 Å². The first-order valence-electron chi connectivity index (χ1n) is 16.1. The minimum absolute atomic E-state index is 1.11. The second kappa shape index (κ2) is 10.1. The smallest absolute Gasteiger partial charge is 0.123 e. The molecular formula is C44H29N3. The van der Waals surface area contributed by atoms with E-state index in [4.69, 9.17) is 0 Å². The van der Waals surface area contributed by atoms with Gasteiger partial charge in [-0.3, -0.25) is 9.13 Å². The van der Waals surface area contributed by atoms with Gasteiger partial charge in [-0.05, 0) is 59.7 Å². The monoisotopic (exact) mass is 599 g/mol. The van der Waals surface area contributed by atoms with Crippen molar-refractivity contribution in [1.29, 1.82) is 0 Å². The largest absolute Gasteiger partial charge is 0.307 e. The molecule has 0 spiro atoms. The maximum atomic E-state index is 2.50. The molecular weight excluding hydrogens is 571 g/mol. The molecule has 47 heavy (non-hydrogen) atoms. The van der Waals surface area contributed by atoms with Crippen molar-refractivity contribution in [2.24, 2.45) is 0 Å². The van der Waals surface area contributed by atoms with Crippen LogP contribution in [0.1, 0.15) is 0 Å². The van der Waals surface area contributed by atoms with Crippen LogP contribution in [0.25, 0.3) is 82.8 Å². The predicted molar refractivity (Wildman–Crippen MR) is 197 cm³/mol. The van der Waals surface area contributed by atoms with Crippen LogP contribution < -0.4 is 0 Å². The Bertz CT molecular complexity index is 2760. The molecule has 7 aromatic carbocycles. The second-order valence-electron chi connectivity index (χ2n) is 12.2. The zero-order chi connectivity index (χ0) is 30.9. The molecule has 3 nitrogen and oxygen atoms in total. The van der Waals surface area contributed by atoms with E-state index in [1.54, 1.807) is 0 Å². The van der Waals surface area contributed by atoms with E-state index in [1.165, 1.54) is 65.6 Å². The van der Waals surface area contributed by atoms with E-state index in [2.05, 4.69) is 190 Å². The van der Waals surface area contributed by atoms with Crippen molar-refractivity contribution in [2.75, 3.05) is 0 Å². The maximum absolute atomic E-state index is 2.50. The van der Waals surface area contributed by atoms with E-state index in [-0.39, 0.29) is 0 Å². The van der Waals surface area contributed by atoms with Gasteiger partial charge in [-0.1, -0.05) is 127 Å². The first-order chi connectivity index (χ1) is 23.3. The van der Waals surface area contributed by atoms with Crippen LogP contribution in [0, 0.1) is 0 Å². The van der Waals surface area contributed by atoms with Gasteiger partial charge in [-0.25, -0.2) is 0 Å². The summed E-state index contributed by atoms with van der Waals surface area (Å²) >= 11 is 0. The van der Waals surface area contributed by atoms with Crippen molar-refractivity contribution in [1.82, 2.24) is 13.7 Å². The van der Waals surface area contributed by atoms with Crippen LogP contribution in [0.3, 0.4) is 0 Å². The molecule has 0 N–H and O–H groups in total. The van der Waals surface area contributed by atoms with Gasteiger partial charge in [0.25, 0.3) is 0 Å². The standard InChI is InChI=1S/C44H29N3/c1-3-13-30(14-4-1)31-23-25-34(26-24-31)45-39-20-10-7-15-32(39)29-42(45)47-41-22-12-9-19-36(41)38-28-27-37-35-18-8-11-21-40(35)46(43(37)44(38)47)33-16-5-2-6-17-33/h1-29H. The Balaban J connectivity index is 1.36. The number of nitrogens with zero attached hydrogens (tertiary/aromatic N) is 3. The minimum Gasteiger partial charge on any atom is -0.307 e. The normalized spacial score (nSPS) is 11.8. The average molecular weight is 600 g/mol. The van der Waals surface area contributed by atoms with E-state index < -0.39 is 0 Å². The highest BCUT2D eigenvalue weighted by Gasteiger charge is 2.23. The summed E-state index contributed by atoms with van der Waals surface area (Å²) in [6, 6.07) is 63.7. The average Bonchev–Trinajstić information content (AvgIpc) is 3.80. The van der Waals surface area contributed by atoms with Gasteiger partial charge in [0.15, 0.2) is 0 Å². The molecule has 0 atom stereocenters. The van der Waals surface area contributed by atoms with E-state index in [0.717, 1.165) is 17.2 Å². The Hall–Kier alpha value is -6.32. The van der Waals surface area contributed by atoms with Crippen molar-refractivity contribution in [3.63, 3.8) is 0 Å². The van der Waals surface area contributed by atoms with Gasteiger partial charge in [-0.15, -0.1) is 0 Å². The lowest BCUT2D eigenvalue weighted by Gasteiger charge is -2.16. The molecule has 0 fully saturated rings. The van der Waals surface area contributed by atoms with E-state index in [1.807, 2.05) is 0 Å². The number of fused-ring (bicyclic) bond motifs is 8. The summed E-state index contributed by atoms with van der Waals surface area (Å²) in [4.78, 5) is 0. The van der Waals surface area contributed by atoms with E-state index >= 15 is 0 Å². The van der Waals surface area contributed by atoms with Crippen molar-refractivity contribution in [3.8, 4) is 28.3 Å². The molecule has 220 valence electrons. The molecule has 3 heterocycles. The van der Waals surface area contributed by atoms with Gasteiger partial charge in [0.05, 0.1) is 27.6 Å². The summed E-state index contributed by atoms with van der Waals surface area (Å²) in [5, 5.41) is 6.18. The highest BCUT2D eigenvalue weighted by molar-refractivity contribution is 6.23. The quantitative estimate of drug-likeness (QED) is 0.191. The minimum atomic E-state index is 1.11. The first-order valence-corrected chi connectivity index (χ1v) is 16.1. The molecule has 0 aliphatic heterocycles. The summed E-state index contributed by atoms with van der Waals surface area (Å²) in [6.45, 7) is 0. The molecule has 3 heteroatoms. The number of rotatable bonds is 4. The molecule has 0 amide bonds. The number of hydrogen-bond donors (Lipinski definition) is 0. The van der Waals surface area contributed by atoms with Crippen molar-refractivity contribution in [3.05, 3.63) is 176 Å². The Morgan fingerprint density at radius 2 is 0.787 bits per heavy atom. The van der Waals surface area contributed by atoms with Crippen molar-refractivity contribution >= 4 is 54.5 Å². The molecule has 0 saturated carbocycles. The first kappa shape index (κ1) is 26.0. The summed E-state index contributed by atoms with van der Waals surface area (Å²) < 4.78 is 7.37. The number of benzene rings is 7. The van der Waals surface area contributed by atoms with Crippen LogP contribution in [-0.2, 0) is 0 Å². The summed E-state index contributed by atoms with van der Waals surface area (Å²) in [5.74, 6) is 1.11. The molecule has 10 aromatic rings. The fourth-order valence-corrected chi connectivity index (χ4v) is 7.59. The van der Waals surface area contributed by atoms with Gasteiger partial charge in [0.1, 0.15) is 5.82 Å². The van der Waals surface area contributed by atoms with Gasteiger partial charge in [-0.2, -0.15) is 0 Å². The third-order valence-corrected chi connectivity index (χ3v) is 9.64. The molecule has 0 radical (unpaired) electrons. The van der Waals surface area contributed by atoms with Gasteiger partial charge >= 0.3 is 0 Å². The lowest BCUT2D eigenvalue weighted by atomic mass is 10.1. The van der Waals surface area contributed by atoms with Crippen LogP contribution in [0.2, 0.25) is 0 Å². The lowest BCUT2D eigenvalue weighted by Crippen LogP contribution is -2.05. The number of aromatic nitrogens is 3. The summed E-state index contributed by atoms with van der Waals surface area (Å²) in [5.41, 5.74) is 10.7. The molecule has 3 aromatic heterocycles. The Kier molecular flexibility index (Phi) is 5.57. The maximum Gasteiger partial charge on any atom is 0.123 e. The van der Waals surface area contributed by atoms with Gasteiger partial charge in [0.2, 0.25) is 0 Å². The van der Waals surface area contributed by atoms with Crippen LogP contribution in [0.5, 0.6) is 0 Å². The Labute approximate surface area is 271 Å². The molecule has 0 saturated heterocycles. The van der Waals surface area contributed by atoms with Crippen molar-refractivity contribution in [2.45, 2.75) is 0 Å². The SMILES string of the molecule is c1ccc(-c2ccc(-n3c(-n4c5ccccc5c5ccc6c7ccccc7n(-c7ccccc7)c6c54)cc4ccccc43)cc2)cc1. The van der Waals surface area contributed by atoms with Crippen LogP contribution in [0.15, 0.2) is 176 Å². The fraction of sp³-hybridized carbons (Fsp3) is 0. The third kappa shape index (κ3) is 3.81. The third-order valence-electron chi connectivity index (χ3n) is 9.64. The van der Waals surface area contributed by atoms with Crippen LogP contribution in [-0.4, -0.2) is 13.7 Å². The number of hydrogen-bond acceptors (Lipinski definition) is 0. The van der Waals surface area contributed by atoms with E-state index in [9.17, 15) is 0 Å². The second-order valence-corrected chi connectivity index (χ2v) is 12.2. The zero-order valence-electron chi connectivity index (χ0n) is 25.6. The van der Waals surface area contributed by atoms with Crippen molar-refractivity contribution < 1.29 is 0 Å². The number of para-hydroxylation sites is 4. The van der Waals surface area contributed by atoms with Crippen LogP contribution >= 0.6 is 0 Å². The lowest BCUT2D eigenvalue weighted by molar-refractivity contribution is 1.00. The fourth-order valence-electron chi connectivity index (χ4n) is 7.59.